The molecule has 0 unspecified atom stereocenters. The zero-order valence-corrected chi connectivity index (χ0v) is 20.9. The number of thioether (sulfide) groups is 1. The summed E-state index contributed by atoms with van der Waals surface area (Å²) < 4.78 is 7.20. The summed E-state index contributed by atoms with van der Waals surface area (Å²) in [7, 11) is 0. The van der Waals surface area contributed by atoms with E-state index in [0.717, 1.165) is 56.9 Å². The van der Waals surface area contributed by atoms with Gasteiger partial charge >= 0.3 is 157 Å². The van der Waals surface area contributed by atoms with Crippen molar-refractivity contribution in [2.24, 2.45) is 4.99 Å². The van der Waals surface area contributed by atoms with Crippen LogP contribution < -0.4 is 8.13 Å². The van der Waals surface area contributed by atoms with Gasteiger partial charge in [0, 0.05) is 6.92 Å². The van der Waals surface area contributed by atoms with E-state index in [0.29, 0.717) is 22.4 Å². The molecule has 0 fully saturated rings. The van der Waals surface area contributed by atoms with Crippen LogP contribution in [-0.4, -0.2) is 56.7 Å². The maximum atomic E-state index is 12.6. The molecule has 0 aromatic heterocycles. The molecule has 1 amide bonds. The summed E-state index contributed by atoms with van der Waals surface area (Å²) in [6, 6.07) is 22.4. The number of nitrogens with zero attached hydrogens (tertiary/aromatic N) is 1. The summed E-state index contributed by atoms with van der Waals surface area (Å²) in [5.41, 5.74) is 1.80. The fraction of sp³-hybridized carbons (Fsp3) is 0.125. The van der Waals surface area contributed by atoms with Crippen LogP contribution >= 0.6 is 11.8 Å². The number of carbonyl (C=O) groups excluding carboxylic acids is 1. The molecule has 158 valence electrons. The van der Waals surface area contributed by atoms with Crippen molar-refractivity contribution in [2.45, 2.75) is 13.8 Å². The van der Waals surface area contributed by atoms with Gasteiger partial charge in [-0.25, -0.2) is 0 Å². The van der Waals surface area contributed by atoms with Crippen LogP contribution in [0.25, 0.3) is 16.5 Å². The molecule has 0 aliphatic carbocycles. The predicted octanol–water partition coefficient (Wildman–Crippen LogP) is 4.17. The van der Waals surface area contributed by atoms with Gasteiger partial charge in [0.2, 0.25) is 0 Å². The molecule has 8 heteroatoms. The quantitative estimate of drug-likeness (QED) is 0.348. The van der Waals surface area contributed by atoms with Gasteiger partial charge in [-0.15, -0.1) is 0 Å². The van der Waals surface area contributed by atoms with Gasteiger partial charge < -0.3 is 5.11 Å². The third-order valence-corrected chi connectivity index (χ3v) is 6.02. The van der Waals surface area contributed by atoms with Gasteiger partial charge in [0.25, 0.3) is 5.97 Å². The molecule has 3 aromatic rings. The van der Waals surface area contributed by atoms with Gasteiger partial charge in [-0.2, -0.15) is 0 Å². The number of aliphatic carboxylic acids is 1. The van der Waals surface area contributed by atoms with Crippen LogP contribution in [0.3, 0.4) is 0 Å². The van der Waals surface area contributed by atoms with Crippen LogP contribution in [0.4, 0.5) is 5.69 Å². The van der Waals surface area contributed by atoms with Gasteiger partial charge in [-0.05, 0) is 5.39 Å². The summed E-state index contributed by atoms with van der Waals surface area (Å²) in [6.07, 6.45) is 0. The molecule has 0 atom stereocenters. The van der Waals surface area contributed by atoms with Gasteiger partial charge in [0.15, 0.2) is 0 Å². The molecule has 1 heterocycles. The molecule has 6 nitrogen and oxygen atoms in total. The van der Waals surface area contributed by atoms with Crippen molar-refractivity contribution in [3.05, 3.63) is 77.2 Å². The number of aliphatic imine (C=N–C) groups is 1. The topological polar surface area (TPSA) is 88.0 Å². The first-order valence-corrected chi connectivity index (χ1v) is 11.9. The van der Waals surface area contributed by atoms with Crippen molar-refractivity contribution in [2.75, 3.05) is 11.9 Å². The third-order valence-electron chi connectivity index (χ3n) is 4.41. The number of hydrogen-bond acceptors (Lipinski definition) is 5. The van der Waals surface area contributed by atoms with Crippen molar-refractivity contribution >= 4 is 81.8 Å². The molecule has 2 N–H and O–H groups in total. The van der Waals surface area contributed by atoms with E-state index in [9.17, 15) is 4.79 Å². The van der Waals surface area contributed by atoms with Crippen molar-refractivity contribution in [3.8, 4) is 0 Å². The van der Waals surface area contributed by atoms with Crippen LogP contribution in [0.1, 0.15) is 19.4 Å². The maximum absolute atomic E-state index is 12.6. The Morgan fingerprint density at radius 2 is 1.75 bits per heavy atom. The minimum atomic E-state index is -0.833. The van der Waals surface area contributed by atoms with E-state index in [4.69, 9.17) is 14.6 Å². The molecular weight excluding hydrogens is 435 g/mol. The van der Waals surface area contributed by atoms with Gasteiger partial charge in [0.1, 0.15) is 0 Å². The Labute approximate surface area is 208 Å². The molecule has 1 aliphatic heterocycles. The average molecular weight is 456 g/mol. The van der Waals surface area contributed by atoms with Crippen molar-refractivity contribution in [1.82, 2.24) is 0 Å². The van der Waals surface area contributed by atoms with E-state index < -0.39 is 5.97 Å². The molecule has 0 radical (unpaired) electrons. The fourth-order valence-electron chi connectivity index (χ4n) is 3.02. The van der Waals surface area contributed by atoms with Gasteiger partial charge in [0.05, 0.1) is 0 Å². The van der Waals surface area contributed by atoms with Crippen LogP contribution in [-0.2, 0) is 14.3 Å². The Bertz CT molecular complexity index is 1200. The van der Waals surface area contributed by atoms with E-state index in [1.807, 2.05) is 43.3 Å². The number of fused-ring (bicyclic) bond motifs is 1. The Kier molecular flexibility index (Phi) is 8.53. The Morgan fingerprint density at radius 3 is 2.41 bits per heavy atom. The standard InChI is InChI=1S/C22H17N2O2S.C2H4O2.Na/c1-2-26-19(17-13-12-15-8-6-7-9-16(15)14-17)20-21(25)24-22(27-20)23-18-10-4-3-5-11-18;1-2(3)4;/h4-14H,2H2,1H3,(H,23,24,25);1H3,(H,3,4);/b20-19+;;. The molecule has 0 saturated carbocycles. The molecule has 0 spiro atoms. The van der Waals surface area contributed by atoms with Crippen LogP contribution in [0.2, 0.25) is 0 Å². The van der Waals surface area contributed by atoms with E-state index in [2.05, 4.69) is 40.6 Å². The molecule has 0 bridgehead atoms. The normalized spacial score (nSPS) is 14.4. The fourth-order valence-corrected chi connectivity index (χ4v) is 4.24. The number of nitrogens with one attached hydrogen (secondary N) is 1. The molecule has 4 rings (SSSR count). The SMILES string of the molecule is CC(=O)O.CCO/C(=C1/SC(Nc2cc[c]([Na])cc2)=NC1=O)c1ccc2ccccc2c1. The van der Waals surface area contributed by atoms with E-state index in [1.54, 1.807) is 0 Å². The number of benzene rings is 3. The zero-order valence-electron chi connectivity index (χ0n) is 18.1. The zero-order chi connectivity index (χ0) is 23.1. The van der Waals surface area contributed by atoms with Crippen molar-refractivity contribution < 1.29 is 19.4 Å². The minimum absolute atomic E-state index is 0.274. The van der Waals surface area contributed by atoms with Gasteiger partial charge in [-0.1, -0.05) is 24.3 Å². The van der Waals surface area contributed by atoms with Crippen LogP contribution in [0, 0.1) is 0 Å². The van der Waals surface area contributed by atoms with E-state index in [-0.39, 0.29) is 5.91 Å². The Balaban J connectivity index is 0.000000668. The number of amides is 1. The predicted molar refractivity (Wildman–Crippen MR) is 131 cm³/mol. The number of carboxylic acid groups (broad SMARTS) is 1. The van der Waals surface area contributed by atoms with Crippen molar-refractivity contribution in [3.63, 3.8) is 0 Å². The summed E-state index contributed by atoms with van der Waals surface area (Å²) in [5.74, 6) is -0.526. The summed E-state index contributed by atoms with van der Waals surface area (Å²) in [5, 5.41) is 13.5. The molecule has 1 aliphatic rings. The monoisotopic (exact) mass is 456 g/mol. The third kappa shape index (κ3) is 6.46. The second kappa shape index (κ2) is 11.3. The van der Waals surface area contributed by atoms with Gasteiger partial charge in [-0.3, -0.25) is 4.79 Å². The summed E-state index contributed by atoms with van der Waals surface area (Å²) in [6.45, 7) is 3.48. The van der Waals surface area contributed by atoms with Crippen molar-refractivity contribution in [1.29, 1.82) is 0 Å². The van der Waals surface area contributed by atoms with E-state index >= 15 is 0 Å². The molecule has 32 heavy (non-hydrogen) atoms. The second-order valence-electron chi connectivity index (χ2n) is 6.99. The number of rotatable bonds is 4. The average Bonchev–Trinajstić information content (AvgIpc) is 3.12. The second-order valence-corrected chi connectivity index (χ2v) is 9.14. The molecular formula is C24H21N2NaO4S. The summed E-state index contributed by atoms with van der Waals surface area (Å²) >= 11 is 2.33. The van der Waals surface area contributed by atoms with Crippen LogP contribution in [0.5, 0.6) is 0 Å². The number of carbonyl (C=O) groups is 2. The first-order valence-electron chi connectivity index (χ1n) is 10.1. The Hall–Kier alpha value is -2.58. The summed E-state index contributed by atoms with van der Waals surface area (Å²) in [4.78, 5) is 26.3. The van der Waals surface area contributed by atoms with E-state index in [1.165, 1.54) is 14.6 Å². The number of hydrogen-bond donors (Lipinski definition) is 2. The number of carboxylic acids is 1. The molecule has 3 aromatic carbocycles. The first-order chi connectivity index (χ1) is 15.4. The molecule has 0 saturated heterocycles. The first kappa shape index (κ1) is 24.1. The Morgan fingerprint density at radius 1 is 1.09 bits per heavy atom. The number of ether oxygens (including phenoxy) is 1. The van der Waals surface area contributed by atoms with Crippen LogP contribution in [0.15, 0.2) is 76.6 Å². The number of anilines is 1. The number of amidine groups is 1.